The lowest BCUT2D eigenvalue weighted by atomic mass is 9.79. The van der Waals surface area contributed by atoms with Crippen molar-refractivity contribution in [3.05, 3.63) is 24.3 Å². The van der Waals surface area contributed by atoms with Crippen LogP contribution in [-0.4, -0.2) is 49.5 Å². The van der Waals surface area contributed by atoms with E-state index in [1.54, 1.807) is 0 Å². The highest BCUT2D eigenvalue weighted by molar-refractivity contribution is 6.62. The van der Waals surface area contributed by atoms with Crippen LogP contribution in [0.2, 0.25) is 0 Å². The van der Waals surface area contributed by atoms with Gasteiger partial charge in [-0.3, -0.25) is 0 Å². The molecule has 1 saturated heterocycles. The highest BCUT2D eigenvalue weighted by atomic mass is 16.7. The van der Waals surface area contributed by atoms with Crippen molar-refractivity contribution in [2.24, 2.45) is 0 Å². The zero-order chi connectivity index (χ0) is 18.8. The standard InChI is InChI=1S/C21H34BNO3/c1-20(2)21(3,4)26-22(25-20)17-10-9-13-19(16-17)24-15-14-23(5)18-11-7-6-8-12-18/h9-10,13,16,18H,6-8,11-12,14-15H2,1-5H3. The van der Waals surface area contributed by atoms with Crippen LogP contribution >= 0.6 is 0 Å². The van der Waals surface area contributed by atoms with Crippen LogP contribution in [0.5, 0.6) is 5.75 Å². The van der Waals surface area contributed by atoms with E-state index in [1.807, 2.05) is 24.3 Å². The van der Waals surface area contributed by atoms with Gasteiger partial charge in [0, 0.05) is 12.6 Å². The molecule has 2 fully saturated rings. The van der Waals surface area contributed by atoms with Gasteiger partial charge in [-0.25, -0.2) is 0 Å². The molecule has 0 amide bonds. The van der Waals surface area contributed by atoms with Crippen LogP contribution in [0.4, 0.5) is 0 Å². The SMILES string of the molecule is CN(CCOc1cccc(B2OC(C)(C)C(C)(C)O2)c1)C1CCCCC1. The summed E-state index contributed by atoms with van der Waals surface area (Å²) in [5.41, 5.74) is 0.371. The highest BCUT2D eigenvalue weighted by Crippen LogP contribution is 2.36. The van der Waals surface area contributed by atoms with Crippen molar-refractivity contribution in [1.29, 1.82) is 0 Å². The third-order valence-corrected chi connectivity index (χ3v) is 6.29. The Hall–Kier alpha value is -1.04. The molecule has 1 heterocycles. The van der Waals surface area contributed by atoms with E-state index in [9.17, 15) is 0 Å². The summed E-state index contributed by atoms with van der Waals surface area (Å²) in [6, 6.07) is 8.84. The van der Waals surface area contributed by atoms with Gasteiger partial charge in [-0.2, -0.15) is 0 Å². The van der Waals surface area contributed by atoms with Crippen molar-refractivity contribution >= 4 is 12.6 Å². The molecule has 144 valence electrons. The minimum atomic E-state index is -0.339. The maximum absolute atomic E-state index is 6.14. The van der Waals surface area contributed by atoms with Gasteiger partial charge in [0.05, 0.1) is 11.2 Å². The Kier molecular flexibility index (Phi) is 6.00. The summed E-state index contributed by atoms with van der Waals surface area (Å²) in [5.74, 6) is 0.884. The summed E-state index contributed by atoms with van der Waals surface area (Å²) in [6.07, 6.45) is 6.78. The van der Waals surface area contributed by atoms with Crippen LogP contribution in [0.25, 0.3) is 0 Å². The van der Waals surface area contributed by atoms with Crippen LogP contribution in [0.3, 0.4) is 0 Å². The number of hydrogen-bond donors (Lipinski definition) is 0. The smallest absolute Gasteiger partial charge is 0.492 e. The van der Waals surface area contributed by atoms with E-state index in [2.05, 4.69) is 39.6 Å². The lowest BCUT2D eigenvalue weighted by Crippen LogP contribution is -2.41. The molecule has 26 heavy (non-hydrogen) atoms. The monoisotopic (exact) mass is 359 g/mol. The first-order chi connectivity index (χ1) is 12.3. The summed E-state index contributed by atoms with van der Waals surface area (Å²) >= 11 is 0. The van der Waals surface area contributed by atoms with Crippen molar-refractivity contribution in [2.45, 2.75) is 77.0 Å². The Morgan fingerprint density at radius 3 is 2.38 bits per heavy atom. The molecule has 1 aliphatic carbocycles. The van der Waals surface area contributed by atoms with Crippen LogP contribution in [0, 0.1) is 0 Å². The Balaban J connectivity index is 1.53. The number of likely N-dealkylation sites (N-methyl/N-ethyl adjacent to an activating group) is 1. The average molecular weight is 359 g/mol. The van der Waals surface area contributed by atoms with Gasteiger partial charge in [-0.15, -0.1) is 0 Å². The Morgan fingerprint density at radius 2 is 1.73 bits per heavy atom. The molecule has 1 aliphatic heterocycles. The number of rotatable bonds is 6. The number of benzene rings is 1. The molecule has 1 aromatic rings. The third kappa shape index (κ3) is 4.44. The molecule has 0 unspecified atom stereocenters. The van der Waals surface area contributed by atoms with E-state index in [1.165, 1.54) is 32.1 Å². The first-order valence-electron chi connectivity index (χ1n) is 10.1. The van der Waals surface area contributed by atoms with Crippen molar-refractivity contribution in [3.8, 4) is 5.75 Å². The second kappa shape index (κ2) is 7.91. The van der Waals surface area contributed by atoms with E-state index < -0.39 is 0 Å². The molecular weight excluding hydrogens is 325 g/mol. The number of hydrogen-bond acceptors (Lipinski definition) is 4. The quantitative estimate of drug-likeness (QED) is 0.726. The van der Waals surface area contributed by atoms with Crippen molar-refractivity contribution in [3.63, 3.8) is 0 Å². The van der Waals surface area contributed by atoms with Crippen LogP contribution < -0.4 is 10.2 Å². The summed E-state index contributed by atoms with van der Waals surface area (Å²) in [6.45, 7) is 9.98. The van der Waals surface area contributed by atoms with Gasteiger partial charge in [-0.1, -0.05) is 31.4 Å². The molecular formula is C21H34BNO3. The molecule has 5 heteroatoms. The van der Waals surface area contributed by atoms with Crippen molar-refractivity contribution in [2.75, 3.05) is 20.2 Å². The van der Waals surface area contributed by atoms with Crippen molar-refractivity contribution in [1.82, 2.24) is 4.90 Å². The number of nitrogens with zero attached hydrogens (tertiary/aromatic N) is 1. The molecule has 2 aliphatic rings. The molecule has 0 radical (unpaired) electrons. The van der Waals surface area contributed by atoms with Crippen LogP contribution in [0.15, 0.2) is 24.3 Å². The molecule has 3 rings (SSSR count). The zero-order valence-corrected chi connectivity index (χ0v) is 17.1. The molecule has 0 atom stereocenters. The van der Waals surface area contributed by atoms with E-state index in [0.29, 0.717) is 6.61 Å². The normalized spacial score (nSPS) is 22.8. The van der Waals surface area contributed by atoms with Crippen LogP contribution in [-0.2, 0) is 9.31 Å². The molecule has 0 spiro atoms. The highest BCUT2D eigenvalue weighted by Gasteiger charge is 2.51. The maximum atomic E-state index is 6.14. The Morgan fingerprint density at radius 1 is 1.08 bits per heavy atom. The maximum Gasteiger partial charge on any atom is 0.494 e. The van der Waals surface area contributed by atoms with E-state index >= 15 is 0 Å². The fourth-order valence-electron chi connectivity index (χ4n) is 3.74. The van der Waals surface area contributed by atoms with Gasteiger partial charge >= 0.3 is 7.12 Å². The van der Waals surface area contributed by atoms with Gasteiger partial charge in [0.2, 0.25) is 0 Å². The second-order valence-electron chi connectivity index (χ2n) is 8.78. The summed E-state index contributed by atoms with van der Waals surface area (Å²) in [5, 5.41) is 0. The summed E-state index contributed by atoms with van der Waals surface area (Å²) in [4.78, 5) is 2.46. The lowest BCUT2D eigenvalue weighted by molar-refractivity contribution is 0.00578. The van der Waals surface area contributed by atoms with Gasteiger partial charge in [0.1, 0.15) is 12.4 Å². The van der Waals surface area contributed by atoms with Crippen LogP contribution in [0.1, 0.15) is 59.8 Å². The molecule has 1 aromatic carbocycles. The van der Waals surface area contributed by atoms with E-state index in [4.69, 9.17) is 14.0 Å². The fourth-order valence-corrected chi connectivity index (χ4v) is 3.74. The third-order valence-electron chi connectivity index (χ3n) is 6.29. The average Bonchev–Trinajstić information content (AvgIpc) is 2.84. The van der Waals surface area contributed by atoms with Gasteiger partial charge < -0.3 is 18.9 Å². The Bertz CT molecular complexity index is 583. The predicted molar refractivity (Wildman–Crippen MR) is 107 cm³/mol. The number of ether oxygens (including phenoxy) is 1. The van der Waals surface area contributed by atoms with E-state index in [0.717, 1.165) is 23.8 Å². The second-order valence-corrected chi connectivity index (χ2v) is 8.78. The van der Waals surface area contributed by atoms with Crippen molar-refractivity contribution < 1.29 is 14.0 Å². The fraction of sp³-hybridized carbons (Fsp3) is 0.714. The summed E-state index contributed by atoms with van der Waals surface area (Å²) in [7, 11) is 1.88. The van der Waals surface area contributed by atoms with Gasteiger partial charge in [0.15, 0.2) is 0 Å². The lowest BCUT2D eigenvalue weighted by Gasteiger charge is -2.32. The molecule has 0 N–H and O–H groups in total. The molecule has 0 aromatic heterocycles. The first kappa shape index (κ1) is 19.7. The van der Waals surface area contributed by atoms with E-state index in [-0.39, 0.29) is 18.3 Å². The topological polar surface area (TPSA) is 30.9 Å². The molecule has 4 nitrogen and oxygen atoms in total. The molecule has 0 bridgehead atoms. The predicted octanol–water partition coefficient (Wildman–Crippen LogP) is 3.63. The minimum absolute atomic E-state index is 0.322. The zero-order valence-electron chi connectivity index (χ0n) is 17.1. The van der Waals surface area contributed by atoms with Gasteiger partial charge in [-0.05, 0) is 65.2 Å². The largest absolute Gasteiger partial charge is 0.494 e. The van der Waals surface area contributed by atoms with Gasteiger partial charge in [0.25, 0.3) is 0 Å². The molecule has 1 saturated carbocycles. The first-order valence-corrected chi connectivity index (χ1v) is 10.1. The minimum Gasteiger partial charge on any atom is -0.492 e. The summed E-state index contributed by atoms with van der Waals surface area (Å²) < 4.78 is 18.3. The Labute approximate surface area is 159 Å².